The van der Waals surface area contributed by atoms with E-state index in [0.717, 1.165) is 43.2 Å². The summed E-state index contributed by atoms with van der Waals surface area (Å²) in [6.07, 6.45) is 1.76. The van der Waals surface area contributed by atoms with Crippen molar-refractivity contribution in [3.8, 4) is 0 Å². The van der Waals surface area contributed by atoms with Gasteiger partial charge in [0.1, 0.15) is 11.6 Å². The van der Waals surface area contributed by atoms with Crippen LogP contribution in [0, 0.1) is 5.82 Å². The van der Waals surface area contributed by atoms with Crippen molar-refractivity contribution in [2.45, 2.75) is 6.54 Å². The maximum Gasteiger partial charge on any atom is 0.234 e. The van der Waals surface area contributed by atoms with Gasteiger partial charge in [-0.1, -0.05) is 0 Å². The van der Waals surface area contributed by atoms with Gasteiger partial charge in [-0.2, -0.15) is 0 Å². The van der Waals surface area contributed by atoms with Crippen molar-refractivity contribution in [2.24, 2.45) is 5.73 Å². The molecule has 2 heterocycles. The third-order valence-electron chi connectivity index (χ3n) is 4.28. The summed E-state index contributed by atoms with van der Waals surface area (Å²) >= 11 is 0. The molecule has 0 saturated carbocycles. The molecule has 0 atom stereocenters. The Morgan fingerprint density at radius 3 is 2.25 bits per heavy atom. The van der Waals surface area contributed by atoms with Gasteiger partial charge in [-0.3, -0.25) is 4.79 Å². The van der Waals surface area contributed by atoms with Crippen LogP contribution < -0.4 is 20.9 Å². The first-order valence-electron chi connectivity index (χ1n) is 8.33. The summed E-state index contributed by atoms with van der Waals surface area (Å²) in [5.41, 5.74) is 7.32. The van der Waals surface area contributed by atoms with Gasteiger partial charge in [0.15, 0.2) is 0 Å². The highest BCUT2D eigenvalue weighted by atomic mass is 35.5. The Hall–Kier alpha value is -1.80. The average Bonchev–Trinajstić information content (AvgIpc) is 2.67. The van der Waals surface area contributed by atoms with Crippen LogP contribution in [-0.4, -0.2) is 43.6 Å². The van der Waals surface area contributed by atoms with Gasteiger partial charge in [0.05, 0.1) is 6.54 Å². The standard InChI is InChI=1S/C18H22FN5O.3ClH/c19-15-1-3-16(4-2-15)23-7-9-24(10-8-23)17-11-14(5-6-21-17)13-22-18(25)12-20;;;/h1-6,11H,7-10,12-13,20H2,(H,22,25);3*1H. The van der Waals surface area contributed by atoms with E-state index >= 15 is 0 Å². The highest BCUT2D eigenvalue weighted by molar-refractivity contribution is 5.86. The molecule has 3 rings (SSSR count). The largest absolute Gasteiger partial charge is 0.368 e. The highest BCUT2D eigenvalue weighted by Gasteiger charge is 2.18. The second-order valence-electron chi connectivity index (χ2n) is 5.95. The molecule has 1 aromatic carbocycles. The van der Waals surface area contributed by atoms with Crippen LogP contribution in [0.1, 0.15) is 5.56 Å². The van der Waals surface area contributed by atoms with Crippen LogP contribution in [0.15, 0.2) is 42.6 Å². The van der Waals surface area contributed by atoms with Gasteiger partial charge in [0.25, 0.3) is 0 Å². The van der Waals surface area contributed by atoms with E-state index in [0.29, 0.717) is 6.54 Å². The Bertz CT molecular complexity index is 727. The normalized spacial score (nSPS) is 12.9. The maximum absolute atomic E-state index is 13.0. The van der Waals surface area contributed by atoms with Crippen molar-refractivity contribution in [1.82, 2.24) is 10.3 Å². The fourth-order valence-corrected chi connectivity index (χ4v) is 2.86. The van der Waals surface area contributed by atoms with Crippen molar-refractivity contribution in [2.75, 3.05) is 42.5 Å². The number of nitrogens with one attached hydrogen (secondary N) is 1. The predicted octanol–water partition coefficient (Wildman–Crippen LogP) is 2.39. The van der Waals surface area contributed by atoms with Crippen LogP contribution in [0.25, 0.3) is 0 Å². The predicted molar refractivity (Wildman–Crippen MR) is 118 cm³/mol. The number of rotatable bonds is 5. The average molecular weight is 453 g/mol. The number of carbonyl (C=O) groups is 1. The van der Waals surface area contributed by atoms with Gasteiger partial charge in [0, 0.05) is 44.6 Å². The highest BCUT2D eigenvalue weighted by Crippen LogP contribution is 2.20. The topological polar surface area (TPSA) is 74.5 Å². The van der Waals surface area contributed by atoms with E-state index in [1.807, 2.05) is 24.3 Å². The molecule has 1 fully saturated rings. The lowest BCUT2D eigenvalue weighted by atomic mass is 10.2. The number of hydrogen-bond acceptors (Lipinski definition) is 5. The van der Waals surface area contributed by atoms with Gasteiger partial charge in [-0.25, -0.2) is 9.37 Å². The number of benzene rings is 1. The van der Waals surface area contributed by atoms with Crippen molar-refractivity contribution in [1.29, 1.82) is 0 Å². The molecule has 2 aromatic rings. The molecule has 156 valence electrons. The zero-order valence-corrected chi connectivity index (χ0v) is 17.7. The lowest BCUT2D eigenvalue weighted by Gasteiger charge is -2.36. The summed E-state index contributed by atoms with van der Waals surface area (Å²) in [6, 6.07) is 10.5. The minimum Gasteiger partial charge on any atom is -0.368 e. The van der Waals surface area contributed by atoms with Gasteiger partial charge in [-0.15, -0.1) is 37.2 Å². The molecule has 0 aliphatic carbocycles. The number of amides is 1. The van der Waals surface area contributed by atoms with Crippen molar-refractivity contribution in [3.05, 3.63) is 54.0 Å². The van der Waals surface area contributed by atoms with Gasteiger partial charge in [-0.05, 0) is 42.0 Å². The smallest absolute Gasteiger partial charge is 0.234 e. The minimum absolute atomic E-state index is 0. The second kappa shape index (κ2) is 12.6. The van der Waals surface area contributed by atoms with Crippen molar-refractivity contribution < 1.29 is 9.18 Å². The van der Waals surface area contributed by atoms with Crippen LogP contribution >= 0.6 is 37.2 Å². The van der Waals surface area contributed by atoms with E-state index in [1.165, 1.54) is 12.1 Å². The van der Waals surface area contributed by atoms with Crippen LogP contribution in [0.2, 0.25) is 0 Å². The third kappa shape index (κ3) is 6.98. The number of piperazine rings is 1. The van der Waals surface area contributed by atoms with Crippen LogP contribution in [-0.2, 0) is 11.3 Å². The molecule has 0 spiro atoms. The molecule has 0 unspecified atom stereocenters. The van der Waals surface area contributed by atoms with Crippen LogP contribution in [0.4, 0.5) is 15.9 Å². The zero-order chi connectivity index (χ0) is 17.6. The fourth-order valence-electron chi connectivity index (χ4n) is 2.86. The Balaban J connectivity index is 0.00000243. The van der Waals surface area contributed by atoms with E-state index in [-0.39, 0.29) is 55.5 Å². The third-order valence-corrected chi connectivity index (χ3v) is 4.28. The molecule has 1 saturated heterocycles. The number of hydrogen-bond donors (Lipinski definition) is 2. The van der Waals surface area contributed by atoms with Crippen molar-refractivity contribution >= 4 is 54.6 Å². The molecular formula is C18H25Cl3FN5O. The summed E-state index contributed by atoms with van der Waals surface area (Å²) in [7, 11) is 0. The molecule has 6 nitrogen and oxygen atoms in total. The molecular weight excluding hydrogens is 428 g/mol. The fraction of sp³-hybridized carbons (Fsp3) is 0.333. The van der Waals surface area contributed by atoms with E-state index < -0.39 is 0 Å². The molecule has 1 amide bonds. The Labute approximate surface area is 182 Å². The van der Waals surface area contributed by atoms with E-state index in [4.69, 9.17) is 5.73 Å². The summed E-state index contributed by atoms with van der Waals surface area (Å²) in [4.78, 5) is 20.2. The number of halogens is 4. The van der Waals surface area contributed by atoms with E-state index in [2.05, 4.69) is 20.1 Å². The lowest BCUT2D eigenvalue weighted by Crippen LogP contribution is -2.46. The molecule has 10 heteroatoms. The molecule has 0 bridgehead atoms. The zero-order valence-electron chi connectivity index (χ0n) is 15.2. The van der Waals surface area contributed by atoms with Gasteiger partial charge >= 0.3 is 0 Å². The first-order valence-corrected chi connectivity index (χ1v) is 8.33. The van der Waals surface area contributed by atoms with E-state index in [9.17, 15) is 9.18 Å². The summed E-state index contributed by atoms with van der Waals surface area (Å²) in [5, 5.41) is 2.76. The number of nitrogens with zero attached hydrogens (tertiary/aromatic N) is 3. The number of aromatic nitrogens is 1. The number of carbonyl (C=O) groups excluding carboxylic acids is 1. The second-order valence-corrected chi connectivity index (χ2v) is 5.95. The number of nitrogens with two attached hydrogens (primary N) is 1. The minimum atomic E-state index is -0.217. The molecule has 28 heavy (non-hydrogen) atoms. The molecule has 1 aromatic heterocycles. The molecule has 1 aliphatic heterocycles. The monoisotopic (exact) mass is 451 g/mol. The number of pyridine rings is 1. The van der Waals surface area contributed by atoms with E-state index in [1.54, 1.807) is 6.20 Å². The van der Waals surface area contributed by atoms with Crippen LogP contribution in [0.3, 0.4) is 0 Å². The lowest BCUT2D eigenvalue weighted by molar-refractivity contribution is -0.119. The summed E-state index contributed by atoms with van der Waals surface area (Å²) < 4.78 is 13.0. The first-order chi connectivity index (χ1) is 12.2. The van der Waals surface area contributed by atoms with Crippen molar-refractivity contribution in [3.63, 3.8) is 0 Å². The Morgan fingerprint density at radius 2 is 1.64 bits per heavy atom. The molecule has 3 N–H and O–H groups in total. The Morgan fingerprint density at radius 1 is 1.04 bits per heavy atom. The Kier molecular flexibility index (Phi) is 11.8. The molecule has 1 aliphatic rings. The first kappa shape index (κ1) is 26.2. The quantitative estimate of drug-likeness (QED) is 0.729. The van der Waals surface area contributed by atoms with Gasteiger partial charge in [0.2, 0.25) is 5.91 Å². The SMILES string of the molecule is Cl.Cl.Cl.NCC(=O)NCc1ccnc(N2CCN(c3ccc(F)cc3)CC2)c1. The maximum atomic E-state index is 13.0. The summed E-state index contributed by atoms with van der Waals surface area (Å²) in [6.45, 7) is 3.80. The van der Waals surface area contributed by atoms with Crippen LogP contribution in [0.5, 0.6) is 0 Å². The summed E-state index contributed by atoms with van der Waals surface area (Å²) in [5.74, 6) is 0.509. The number of anilines is 2. The van der Waals surface area contributed by atoms with Gasteiger partial charge < -0.3 is 20.9 Å². The molecule has 0 radical (unpaired) electrons.